The van der Waals surface area contributed by atoms with E-state index in [1.54, 1.807) is 18.2 Å². The second-order valence-corrected chi connectivity index (χ2v) is 8.17. The number of hydrogen-bond donors (Lipinski definition) is 2. The second kappa shape index (κ2) is 11.4. The van der Waals surface area contributed by atoms with Crippen LogP contribution >= 0.6 is 0 Å². The first kappa shape index (κ1) is 25.8. The number of aromatic nitrogens is 2. The van der Waals surface area contributed by atoms with Gasteiger partial charge in [-0.25, -0.2) is 4.79 Å². The highest BCUT2D eigenvalue weighted by atomic mass is 16.5. The Kier molecular flexibility index (Phi) is 8.90. The Morgan fingerprint density at radius 3 is 2.52 bits per heavy atom. The Morgan fingerprint density at radius 1 is 1.27 bits per heavy atom. The lowest BCUT2D eigenvalue weighted by Crippen LogP contribution is -2.42. The molecule has 0 atom stereocenters. The molecule has 0 aliphatic rings. The highest BCUT2D eigenvalue weighted by Crippen LogP contribution is 2.34. The molecule has 2 rings (SSSR count). The molecule has 2 aromatic rings. The number of benzene rings is 1. The zero-order chi connectivity index (χ0) is 24.7. The molecule has 0 spiro atoms. The van der Waals surface area contributed by atoms with Crippen LogP contribution in [0, 0.1) is 5.92 Å². The van der Waals surface area contributed by atoms with E-state index in [0.29, 0.717) is 36.4 Å². The average Bonchev–Trinajstić information content (AvgIpc) is 2.77. The van der Waals surface area contributed by atoms with Gasteiger partial charge in [0.05, 0.1) is 14.2 Å². The lowest BCUT2D eigenvalue weighted by Gasteiger charge is -2.26. The maximum Gasteiger partial charge on any atom is 0.330 e. The third-order valence-corrected chi connectivity index (χ3v) is 5.18. The molecule has 0 saturated heterocycles. The molecule has 1 aromatic heterocycles. The van der Waals surface area contributed by atoms with Crippen LogP contribution in [0.2, 0.25) is 0 Å². The predicted molar refractivity (Wildman–Crippen MR) is 131 cm³/mol. The molecule has 3 N–H and O–H groups in total. The number of ether oxygens (including phenoxy) is 2. The molecule has 0 aliphatic heterocycles. The largest absolute Gasteiger partial charge is 0.493 e. The van der Waals surface area contributed by atoms with Crippen molar-refractivity contribution in [2.24, 2.45) is 5.92 Å². The second-order valence-electron chi connectivity index (χ2n) is 8.17. The molecular weight excluding hydrogens is 424 g/mol. The van der Waals surface area contributed by atoms with Crippen LogP contribution in [0.4, 0.5) is 11.5 Å². The van der Waals surface area contributed by atoms with Crippen LogP contribution in [0.1, 0.15) is 49.5 Å². The highest BCUT2D eigenvalue weighted by molar-refractivity contribution is 6.07. The number of nitrogen functional groups attached to an aromatic ring is 1. The number of carbonyl (C=O) groups is 1. The van der Waals surface area contributed by atoms with Gasteiger partial charge in [-0.15, -0.1) is 6.58 Å². The Hall–Kier alpha value is -3.49. The Labute approximate surface area is 193 Å². The number of nitrogens with one attached hydrogen (secondary N) is 1. The first-order valence-corrected chi connectivity index (χ1v) is 11.0. The summed E-state index contributed by atoms with van der Waals surface area (Å²) in [5.74, 6) is 0.455. The monoisotopic (exact) mass is 458 g/mol. The van der Waals surface area contributed by atoms with E-state index in [0.717, 1.165) is 12.0 Å². The van der Waals surface area contributed by atoms with Crippen molar-refractivity contribution >= 4 is 17.4 Å². The van der Waals surface area contributed by atoms with Gasteiger partial charge >= 0.3 is 5.69 Å². The number of unbranched alkanes of at least 4 members (excludes halogenated alkanes) is 1. The van der Waals surface area contributed by atoms with Crippen LogP contribution in [0.25, 0.3) is 0 Å². The lowest BCUT2D eigenvalue weighted by molar-refractivity contribution is 0.0983. The Morgan fingerprint density at radius 2 is 1.97 bits per heavy atom. The van der Waals surface area contributed by atoms with E-state index in [-0.39, 0.29) is 24.0 Å². The molecule has 0 saturated carbocycles. The Balaban J connectivity index is 2.71. The van der Waals surface area contributed by atoms with Crippen molar-refractivity contribution in [1.82, 2.24) is 9.55 Å². The fourth-order valence-electron chi connectivity index (χ4n) is 3.65. The quantitative estimate of drug-likeness (QED) is 0.500. The Bertz CT molecular complexity index is 1120. The van der Waals surface area contributed by atoms with Crippen LogP contribution in [-0.4, -0.2) is 36.2 Å². The van der Waals surface area contributed by atoms with Crippen LogP contribution in [0.15, 0.2) is 34.4 Å². The minimum absolute atomic E-state index is 0.0246. The normalized spacial score (nSPS) is 10.8. The van der Waals surface area contributed by atoms with E-state index in [1.807, 2.05) is 20.8 Å². The van der Waals surface area contributed by atoms with Gasteiger partial charge in [0.2, 0.25) is 0 Å². The molecule has 1 amide bonds. The van der Waals surface area contributed by atoms with Gasteiger partial charge in [0.25, 0.3) is 11.5 Å². The molecule has 9 heteroatoms. The first-order valence-electron chi connectivity index (χ1n) is 11.0. The lowest BCUT2D eigenvalue weighted by atomic mass is 10.0. The molecule has 0 bridgehead atoms. The van der Waals surface area contributed by atoms with Gasteiger partial charge in [0, 0.05) is 24.2 Å². The van der Waals surface area contributed by atoms with Gasteiger partial charge < -0.3 is 20.1 Å². The summed E-state index contributed by atoms with van der Waals surface area (Å²) >= 11 is 0. The van der Waals surface area contributed by atoms with Crippen LogP contribution in [0.3, 0.4) is 0 Å². The molecule has 1 heterocycles. The standard InChI is InChI=1S/C24H34N4O5/c1-7-9-11-27-21(25)19(22(29)26-24(27)31)28(14-15(3)4)23(30)17-12-16(10-8-2)20(33-6)18(13-17)32-5/h8,12-13,15H,2,7,9-11,14,25H2,1,3-6H3,(H,26,29,31). The van der Waals surface area contributed by atoms with Crippen molar-refractivity contribution in [2.45, 2.75) is 46.6 Å². The van der Waals surface area contributed by atoms with Crippen molar-refractivity contribution in [3.8, 4) is 11.5 Å². The zero-order valence-corrected chi connectivity index (χ0v) is 20.1. The van der Waals surface area contributed by atoms with E-state index in [2.05, 4.69) is 11.6 Å². The van der Waals surface area contributed by atoms with Crippen molar-refractivity contribution in [3.63, 3.8) is 0 Å². The van der Waals surface area contributed by atoms with Gasteiger partial charge in [-0.3, -0.25) is 19.1 Å². The van der Waals surface area contributed by atoms with Crippen molar-refractivity contribution < 1.29 is 14.3 Å². The maximum atomic E-state index is 13.7. The minimum Gasteiger partial charge on any atom is -0.493 e. The van der Waals surface area contributed by atoms with Gasteiger partial charge in [-0.2, -0.15) is 0 Å². The van der Waals surface area contributed by atoms with Crippen LogP contribution in [0.5, 0.6) is 11.5 Å². The SMILES string of the molecule is C=CCc1cc(C(=O)N(CC(C)C)c2c(N)n(CCCC)c(=O)[nH]c2=O)cc(OC)c1OC. The van der Waals surface area contributed by atoms with Crippen LogP contribution in [-0.2, 0) is 13.0 Å². The van der Waals surface area contributed by atoms with Gasteiger partial charge in [-0.05, 0) is 30.9 Å². The van der Waals surface area contributed by atoms with Gasteiger partial charge in [-0.1, -0.05) is 33.3 Å². The number of aromatic amines is 1. The first-order chi connectivity index (χ1) is 15.7. The third kappa shape index (κ3) is 5.66. The van der Waals surface area contributed by atoms with E-state index in [4.69, 9.17) is 15.2 Å². The summed E-state index contributed by atoms with van der Waals surface area (Å²) < 4.78 is 12.2. The molecule has 0 radical (unpaired) electrons. The van der Waals surface area contributed by atoms with Crippen LogP contribution < -0.4 is 31.4 Å². The molecule has 0 aliphatic carbocycles. The van der Waals surface area contributed by atoms with E-state index < -0.39 is 17.2 Å². The number of anilines is 2. The molecule has 9 nitrogen and oxygen atoms in total. The number of rotatable bonds is 11. The molecule has 180 valence electrons. The number of carbonyl (C=O) groups excluding carboxylic acids is 1. The highest BCUT2D eigenvalue weighted by Gasteiger charge is 2.27. The maximum absolute atomic E-state index is 13.7. The molecular formula is C24H34N4O5. The van der Waals surface area contributed by atoms with Crippen molar-refractivity contribution in [2.75, 3.05) is 31.4 Å². The molecule has 33 heavy (non-hydrogen) atoms. The summed E-state index contributed by atoms with van der Waals surface area (Å²) in [4.78, 5) is 42.6. The number of H-pyrrole nitrogens is 1. The fraction of sp³-hybridized carbons (Fsp3) is 0.458. The topological polar surface area (TPSA) is 120 Å². The number of methoxy groups -OCH3 is 2. The van der Waals surface area contributed by atoms with Crippen molar-refractivity contribution in [1.29, 1.82) is 0 Å². The summed E-state index contributed by atoms with van der Waals surface area (Å²) in [6.45, 7) is 10.2. The molecule has 0 fully saturated rings. The smallest absolute Gasteiger partial charge is 0.330 e. The summed E-state index contributed by atoms with van der Waals surface area (Å²) in [6.07, 6.45) is 3.69. The predicted octanol–water partition coefficient (Wildman–Crippen LogP) is 2.97. The molecule has 0 unspecified atom stereocenters. The van der Waals surface area contributed by atoms with Crippen molar-refractivity contribution in [3.05, 3.63) is 56.8 Å². The number of amides is 1. The fourth-order valence-corrected chi connectivity index (χ4v) is 3.65. The number of hydrogen-bond acceptors (Lipinski definition) is 6. The number of nitrogens with two attached hydrogens (primary N) is 1. The van der Waals surface area contributed by atoms with E-state index in [1.165, 1.54) is 23.7 Å². The molecule has 1 aromatic carbocycles. The average molecular weight is 459 g/mol. The number of allylic oxidation sites excluding steroid dienone is 1. The summed E-state index contributed by atoms with van der Waals surface area (Å²) in [5, 5.41) is 0. The van der Waals surface area contributed by atoms with Gasteiger partial charge in [0.1, 0.15) is 5.82 Å². The number of nitrogens with zero attached hydrogens (tertiary/aromatic N) is 2. The summed E-state index contributed by atoms with van der Waals surface area (Å²) in [5.41, 5.74) is 5.98. The summed E-state index contributed by atoms with van der Waals surface area (Å²) in [6, 6.07) is 3.26. The van der Waals surface area contributed by atoms with Gasteiger partial charge in [0.15, 0.2) is 17.2 Å². The van der Waals surface area contributed by atoms with E-state index in [9.17, 15) is 14.4 Å². The summed E-state index contributed by atoms with van der Waals surface area (Å²) in [7, 11) is 3.01. The third-order valence-electron chi connectivity index (χ3n) is 5.18. The van der Waals surface area contributed by atoms with E-state index >= 15 is 0 Å². The minimum atomic E-state index is -0.703. The zero-order valence-electron chi connectivity index (χ0n) is 20.1.